The van der Waals surface area contributed by atoms with Gasteiger partial charge in [0.2, 0.25) is 11.8 Å². The lowest BCUT2D eigenvalue weighted by Crippen LogP contribution is -2.25. The minimum Gasteiger partial charge on any atom is -0.388 e. The van der Waals surface area contributed by atoms with Gasteiger partial charge >= 0.3 is 5.76 Å². The molecule has 1 heterocycles. The Balaban J connectivity index is 1.75. The lowest BCUT2D eigenvalue weighted by atomic mass is 10.2. The van der Waals surface area contributed by atoms with Crippen molar-refractivity contribution < 1.29 is 13.6 Å². The molecule has 3 aromatic rings. The monoisotopic (exact) mass is 313 g/mol. The van der Waals surface area contributed by atoms with E-state index in [0.29, 0.717) is 11.3 Å². The molecule has 0 bridgehead atoms. The summed E-state index contributed by atoms with van der Waals surface area (Å²) >= 11 is 0. The van der Waals surface area contributed by atoms with Crippen LogP contribution in [0.1, 0.15) is 0 Å². The van der Waals surface area contributed by atoms with Crippen LogP contribution < -0.4 is 11.1 Å². The third-order valence-corrected chi connectivity index (χ3v) is 3.05. The summed E-state index contributed by atoms with van der Waals surface area (Å²) in [5.41, 5.74) is 1.07. The fraction of sp³-hybridized carbons (Fsp3) is 0.0625. The third-order valence-electron chi connectivity index (χ3n) is 3.05. The number of carbonyl (C=O) groups excluding carboxylic acids is 1. The van der Waals surface area contributed by atoms with Gasteiger partial charge in [0.25, 0.3) is 0 Å². The van der Waals surface area contributed by atoms with Crippen molar-refractivity contribution in [3.8, 4) is 11.5 Å². The quantitative estimate of drug-likeness (QED) is 0.801. The molecule has 0 aliphatic carbocycles. The zero-order chi connectivity index (χ0) is 16.2. The summed E-state index contributed by atoms with van der Waals surface area (Å²) in [5.74, 6) is -1.54. The SMILES string of the molecule is O=C(Cn1nc(-c2ccc(F)cc2)oc1=O)Nc1ccccc1. The van der Waals surface area contributed by atoms with Gasteiger partial charge in [-0.05, 0) is 36.4 Å². The lowest BCUT2D eigenvalue weighted by Gasteiger charge is -2.03. The topological polar surface area (TPSA) is 77.1 Å². The molecule has 1 aromatic heterocycles. The van der Waals surface area contributed by atoms with E-state index in [1.807, 2.05) is 6.07 Å². The van der Waals surface area contributed by atoms with Gasteiger partial charge in [-0.2, -0.15) is 4.68 Å². The molecule has 0 aliphatic rings. The Hall–Kier alpha value is -3.22. The number of aromatic nitrogens is 2. The van der Waals surface area contributed by atoms with Gasteiger partial charge in [0.15, 0.2) is 0 Å². The highest BCUT2D eigenvalue weighted by molar-refractivity contribution is 5.90. The predicted octanol–water partition coefficient (Wildman–Crippen LogP) is 2.28. The van der Waals surface area contributed by atoms with Crippen LogP contribution in [0.5, 0.6) is 0 Å². The molecule has 0 radical (unpaired) electrons. The van der Waals surface area contributed by atoms with Gasteiger partial charge in [0.05, 0.1) is 0 Å². The van der Waals surface area contributed by atoms with Gasteiger partial charge in [0, 0.05) is 11.3 Å². The van der Waals surface area contributed by atoms with Crippen LogP contribution in [0.2, 0.25) is 0 Å². The largest absolute Gasteiger partial charge is 0.437 e. The van der Waals surface area contributed by atoms with Gasteiger partial charge in [-0.1, -0.05) is 18.2 Å². The van der Waals surface area contributed by atoms with E-state index in [4.69, 9.17) is 4.42 Å². The van der Waals surface area contributed by atoms with E-state index >= 15 is 0 Å². The molecule has 0 spiro atoms. The zero-order valence-corrected chi connectivity index (χ0v) is 11.9. The Kier molecular flexibility index (Phi) is 4.01. The van der Waals surface area contributed by atoms with E-state index in [-0.39, 0.29) is 12.4 Å². The number of amides is 1. The van der Waals surface area contributed by atoms with E-state index in [1.165, 1.54) is 24.3 Å². The Morgan fingerprint density at radius 2 is 1.83 bits per heavy atom. The van der Waals surface area contributed by atoms with Gasteiger partial charge < -0.3 is 9.73 Å². The van der Waals surface area contributed by atoms with Crippen molar-refractivity contribution >= 4 is 11.6 Å². The summed E-state index contributed by atoms with van der Waals surface area (Å²) in [6.45, 7) is -0.279. The first kappa shape index (κ1) is 14.7. The summed E-state index contributed by atoms with van der Waals surface area (Å²) < 4.78 is 18.8. The van der Waals surface area contributed by atoms with Crippen molar-refractivity contribution in [2.24, 2.45) is 0 Å². The molecular weight excluding hydrogens is 301 g/mol. The fourth-order valence-electron chi connectivity index (χ4n) is 1.97. The predicted molar refractivity (Wildman–Crippen MR) is 81.2 cm³/mol. The molecule has 0 saturated heterocycles. The molecule has 7 heteroatoms. The maximum Gasteiger partial charge on any atom is 0.437 e. The van der Waals surface area contributed by atoms with Crippen LogP contribution >= 0.6 is 0 Å². The Morgan fingerprint density at radius 1 is 1.13 bits per heavy atom. The second-order valence-corrected chi connectivity index (χ2v) is 4.75. The van der Waals surface area contributed by atoms with Crippen molar-refractivity contribution in [1.82, 2.24) is 9.78 Å². The zero-order valence-electron chi connectivity index (χ0n) is 11.9. The normalized spacial score (nSPS) is 10.5. The number of hydrogen-bond acceptors (Lipinski definition) is 4. The van der Waals surface area contributed by atoms with E-state index in [0.717, 1.165) is 4.68 Å². The molecule has 2 aromatic carbocycles. The van der Waals surface area contributed by atoms with Crippen LogP contribution in [0.4, 0.5) is 10.1 Å². The molecule has 116 valence electrons. The summed E-state index contributed by atoms with van der Waals surface area (Å²) in [6.07, 6.45) is 0. The number of nitrogens with one attached hydrogen (secondary N) is 1. The fourth-order valence-corrected chi connectivity index (χ4v) is 1.97. The van der Waals surface area contributed by atoms with Gasteiger partial charge in [-0.3, -0.25) is 4.79 Å². The number of para-hydroxylation sites is 1. The number of nitrogens with zero attached hydrogens (tertiary/aromatic N) is 2. The average molecular weight is 313 g/mol. The average Bonchev–Trinajstić information content (AvgIpc) is 2.90. The number of anilines is 1. The maximum absolute atomic E-state index is 12.9. The lowest BCUT2D eigenvalue weighted by molar-refractivity contribution is -0.117. The van der Waals surface area contributed by atoms with E-state index in [9.17, 15) is 14.0 Å². The van der Waals surface area contributed by atoms with Crippen LogP contribution in [0.3, 0.4) is 0 Å². The van der Waals surface area contributed by atoms with Crippen LogP contribution in [0, 0.1) is 5.82 Å². The third kappa shape index (κ3) is 3.52. The first-order valence-corrected chi connectivity index (χ1v) is 6.80. The summed E-state index contributed by atoms with van der Waals surface area (Å²) in [4.78, 5) is 23.7. The van der Waals surface area contributed by atoms with Gasteiger partial charge in [-0.15, -0.1) is 5.10 Å². The Morgan fingerprint density at radius 3 is 2.52 bits per heavy atom. The summed E-state index contributed by atoms with van der Waals surface area (Å²) in [5, 5.41) is 6.59. The highest BCUT2D eigenvalue weighted by atomic mass is 19.1. The number of rotatable bonds is 4. The van der Waals surface area contributed by atoms with Crippen molar-refractivity contribution in [1.29, 1.82) is 0 Å². The van der Waals surface area contributed by atoms with Crippen molar-refractivity contribution in [2.45, 2.75) is 6.54 Å². The standard InChI is InChI=1S/C16H12FN3O3/c17-12-8-6-11(7-9-12)15-19-20(16(22)23-15)10-14(21)18-13-4-2-1-3-5-13/h1-9H,10H2,(H,18,21). The van der Waals surface area contributed by atoms with Crippen molar-refractivity contribution in [2.75, 3.05) is 5.32 Å². The van der Waals surface area contributed by atoms with Crippen molar-refractivity contribution in [3.05, 3.63) is 71.0 Å². The Bertz CT molecular complexity index is 870. The van der Waals surface area contributed by atoms with E-state index in [1.54, 1.807) is 24.3 Å². The van der Waals surface area contributed by atoms with E-state index in [2.05, 4.69) is 10.4 Å². The molecule has 1 amide bonds. The number of benzene rings is 2. The molecule has 0 atom stereocenters. The number of carbonyl (C=O) groups is 1. The van der Waals surface area contributed by atoms with Crippen LogP contribution in [-0.2, 0) is 11.3 Å². The molecule has 0 saturated carbocycles. The summed E-state index contributed by atoms with van der Waals surface area (Å²) in [7, 11) is 0. The second kappa shape index (κ2) is 6.27. The molecule has 0 aliphatic heterocycles. The molecule has 0 fully saturated rings. The highest BCUT2D eigenvalue weighted by Gasteiger charge is 2.13. The smallest absolute Gasteiger partial charge is 0.388 e. The molecule has 3 rings (SSSR count). The van der Waals surface area contributed by atoms with Crippen molar-refractivity contribution in [3.63, 3.8) is 0 Å². The molecular formula is C16H12FN3O3. The minimum absolute atomic E-state index is 0.0301. The second-order valence-electron chi connectivity index (χ2n) is 4.75. The minimum atomic E-state index is -0.757. The molecule has 1 N–H and O–H groups in total. The Labute approximate surface area is 130 Å². The van der Waals surface area contributed by atoms with E-state index < -0.39 is 17.5 Å². The van der Waals surface area contributed by atoms with Gasteiger partial charge in [-0.25, -0.2) is 9.18 Å². The van der Waals surface area contributed by atoms with Crippen LogP contribution in [0.15, 0.2) is 63.8 Å². The molecule has 23 heavy (non-hydrogen) atoms. The van der Waals surface area contributed by atoms with Crippen LogP contribution in [0.25, 0.3) is 11.5 Å². The van der Waals surface area contributed by atoms with Crippen LogP contribution in [-0.4, -0.2) is 15.7 Å². The first-order chi connectivity index (χ1) is 11.1. The maximum atomic E-state index is 12.9. The molecule has 0 unspecified atom stereocenters. The van der Waals surface area contributed by atoms with Gasteiger partial charge in [0.1, 0.15) is 12.4 Å². The first-order valence-electron chi connectivity index (χ1n) is 6.80. The highest BCUT2D eigenvalue weighted by Crippen LogP contribution is 2.15. The molecule has 6 nitrogen and oxygen atoms in total. The summed E-state index contributed by atoms with van der Waals surface area (Å²) in [6, 6.07) is 14.2. The number of hydrogen-bond donors (Lipinski definition) is 1. The number of halogens is 1.